The van der Waals surface area contributed by atoms with Gasteiger partial charge in [0.15, 0.2) is 0 Å². The molecule has 0 atom stereocenters. The van der Waals surface area contributed by atoms with Gasteiger partial charge in [-0.25, -0.2) is 0 Å². The molecule has 0 bridgehead atoms. The second-order valence-corrected chi connectivity index (χ2v) is 17.7. The molecule has 270 valence electrons. The smallest absolute Gasteiger partial charge is 0.146 e. The summed E-state index contributed by atoms with van der Waals surface area (Å²) in [6, 6.07) is 4.76. The van der Waals surface area contributed by atoms with Crippen LogP contribution in [0.25, 0.3) is 40.8 Å². The summed E-state index contributed by atoms with van der Waals surface area (Å²) in [5, 5.41) is 8.91. The summed E-state index contributed by atoms with van der Waals surface area (Å²) < 4.78 is 18.2. The lowest BCUT2D eigenvalue weighted by Gasteiger charge is -2.14. The zero-order valence-corrected chi connectivity index (χ0v) is 33.9. The summed E-state index contributed by atoms with van der Waals surface area (Å²) in [5.74, 6) is 2.13. The van der Waals surface area contributed by atoms with Crippen molar-refractivity contribution in [2.75, 3.05) is 13.2 Å². The van der Waals surface area contributed by atoms with E-state index >= 15 is 0 Å². The quantitative estimate of drug-likeness (QED) is 0.0595. The molecule has 1 aromatic carbocycles. The van der Waals surface area contributed by atoms with Gasteiger partial charge in [-0.05, 0) is 51.7 Å². The first-order valence-corrected chi connectivity index (χ1v) is 22.1. The van der Waals surface area contributed by atoms with Gasteiger partial charge in [0.25, 0.3) is 0 Å². The van der Waals surface area contributed by atoms with Crippen molar-refractivity contribution >= 4 is 65.1 Å². The fourth-order valence-electron chi connectivity index (χ4n) is 7.23. The van der Waals surface area contributed by atoms with E-state index in [1.165, 1.54) is 159 Å². The van der Waals surface area contributed by atoms with Gasteiger partial charge in [0.05, 0.1) is 38.7 Å². The van der Waals surface area contributed by atoms with Gasteiger partial charge in [0.2, 0.25) is 0 Å². The Kier molecular flexibility index (Phi) is 15.2. The Bertz CT molecular complexity index is 1670. The third-order valence-corrected chi connectivity index (χ3v) is 13.4. The van der Waals surface area contributed by atoms with E-state index in [1.54, 1.807) is 0 Å². The molecule has 5 rings (SSSR count). The standard InChI is InChI=1S/C42H62N2O2S3/c1-7-10-13-16-19-22-25-34-36-37(44(6)43-34)31(5)48-42(36)35-29-33-39(46-27-24-21-18-15-12-9-3)40-32(28-30(4)47-40)38(41(33)49-35)45-26-23-20-17-14-11-8-2/h28-29H,7-27H2,1-6H3. The van der Waals surface area contributed by atoms with Gasteiger partial charge in [0, 0.05) is 37.8 Å². The summed E-state index contributed by atoms with van der Waals surface area (Å²) in [5.41, 5.74) is 2.56. The molecule has 49 heavy (non-hydrogen) atoms. The number of hydrogen-bond donors (Lipinski definition) is 0. The minimum absolute atomic E-state index is 0.768. The Hall–Kier alpha value is -2.09. The number of fused-ring (bicyclic) bond motifs is 3. The SMILES string of the molecule is CCCCCCCCOc1c2cc(-c3sc(C)c4c3c(CCCCCCCC)nn4C)sc2c(OCCCCCCCC)c2cc(C)sc12. The zero-order valence-electron chi connectivity index (χ0n) is 31.4. The lowest BCUT2D eigenvalue weighted by molar-refractivity contribution is 0.307. The van der Waals surface area contributed by atoms with E-state index in [2.05, 4.69) is 58.5 Å². The van der Waals surface area contributed by atoms with Crippen molar-refractivity contribution in [3.63, 3.8) is 0 Å². The molecular weight excluding hydrogens is 661 g/mol. The van der Waals surface area contributed by atoms with Crippen LogP contribution < -0.4 is 9.47 Å². The van der Waals surface area contributed by atoms with E-state index < -0.39 is 0 Å². The molecule has 0 spiro atoms. The van der Waals surface area contributed by atoms with Crippen molar-refractivity contribution in [3.8, 4) is 21.3 Å². The van der Waals surface area contributed by atoms with Crippen LogP contribution in [0.3, 0.4) is 0 Å². The van der Waals surface area contributed by atoms with Crippen LogP contribution in [0.4, 0.5) is 0 Å². The van der Waals surface area contributed by atoms with Crippen molar-refractivity contribution in [3.05, 3.63) is 27.6 Å². The number of rotatable bonds is 24. The Morgan fingerprint density at radius 1 is 0.612 bits per heavy atom. The molecule has 0 aliphatic heterocycles. The molecule has 0 amide bonds. The van der Waals surface area contributed by atoms with E-state index in [1.807, 2.05) is 34.0 Å². The summed E-state index contributed by atoms with van der Waals surface area (Å²) in [6.45, 7) is 12.9. The first-order valence-electron chi connectivity index (χ1n) is 19.7. The Morgan fingerprint density at radius 2 is 1.12 bits per heavy atom. The fraction of sp³-hybridized carbons (Fsp3) is 0.643. The van der Waals surface area contributed by atoms with Crippen molar-refractivity contribution in [1.29, 1.82) is 0 Å². The molecule has 0 aliphatic carbocycles. The van der Waals surface area contributed by atoms with E-state index in [-0.39, 0.29) is 0 Å². The highest BCUT2D eigenvalue weighted by molar-refractivity contribution is 7.27. The maximum absolute atomic E-state index is 6.80. The average molecular weight is 723 g/mol. The molecule has 4 nitrogen and oxygen atoms in total. The van der Waals surface area contributed by atoms with E-state index in [4.69, 9.17) is 14.6 Å². The molecule has 0 N–H and O–H groups in total. The van der Waals surface area contributed by atoms with Crippen molar-refractivity contribution < 1.29 is 9.47 Å². The van der Waals surface area contributed by atoms with E-state index in [0.29, 0.717) is 0 Å². The molecule has 5 aromatic rings. The third kappa shape index (κ3) is 9.62. The fourth-order valence-corrected chi connectivity index (χ4v) is 10.7. The van der Waals surface area contributed by atoms with Gasteiger partial charge in [0.1, 0.15) is 11.5 Å². The Balaban J connectivity index is 1.49. The van der Waals surface area contributed by atoms with E-state index in [0.717, 1.165) is 44.0 Å². The second-order valence-electron chi connectivity index (χ2n) is 14.1. The summed E-state index contributed by atoms with van der Waals surface area (Å²) in [7, 11) is 2.13. The average Bonchev–Trinajstić information content (AvgIpc) is 3.86. The highest BCUT2D eigenvalue weighted by Gasteiger charge is 2.25. The molecule has 0 unspecified atom stereocenters. The second kappa shape index (κ2) is 19.5. The van der Waals surface area contributed by atoms with Crippen molar-refractivity contribution in [2.45, 2.75) is 157 Å². The van der Waals surface area contributed by atoms with Gasteiger partial charge in [-0.15, -0.1) is 34.0 Å². The summed E-state index contributed by atoms with van der Waals surface area (Å²) >= 11 is 5.69. The maximum Gasteiger partial charge on any atom is 0.146 e. The zero-order chi connectivity index (χ0) is 34.6. The third-order valence-electron chi connectivity index (χ3n) is 9.90. The predicted molar refractivity (Wildman–Crippen MR) is 219 cm³/mol. The minimum Gasteiger partial charge on any atom is -0.491 e. The number of aromatic nitrogens is 2. The van der Waals surface area contributed by atoms with Gasteiger partial charge in [-0.3, -0.25) is 4.68 Å². The van der Waals surface area contributed by atoms with Gasteiger partial charge in [-0.1, -0.05) is 117 Å². The van der Waals surface area contributed by atoms with Crippen LogP contribution in [0.5, 0.6) is 11.5 Å². The highest BCUT2D eigenvalue weighted by atomic mass is 32.1. The number of hydrogen-bond acceptors (Lipinski definition) is 6. The Morgan fingerprint density at radius 3 is 1.71 bits per heavy atom. The van der Waals surface area contributed by atoms with Crippen LogP contribution in [0.2, 0.25) is 0 Å². The topological polar surface area (TPSA) is 36.3 Å². The number of aryl methyl sites for hydroxylation is 4. The van der Waals surface area contributed by atoms with Crippen molar-refractivity contribution in [1.82, 2.24) is 9.78 Å². The number of benzene rings is 1. The molecule has 4 heterocycles. The normalized spacial score (nSPS) is 12.0. The largest absolute Gasteiger partial charge is 0.491 e. The van der Waals surface area contributed by atoms with Crippen LogP contribution >= 0.6 is 34.0 Å². The molecule has 0 saturated carbocycles. The molecule has 0 radical (unpaired) electrons. The van der Waals surface area contributed by atoms with Crippen LogP contribution in [-0.4, -0.2) is 23.0 Å². The first-order chi connectivity index (χ1) is 24.0. The summed E-state index contributed by atoms with van der Waals surface area (Å²) in [6.07, 6.45) is 24.0. The first kappa shape index (κ1) is 38.1. The van der Waals surface area contributed by atoms with Gasteiger partial charge >= 0.3 is 0 Å². The van der Waals surface area contributed by atoms with Crippen molar-refractivity contribution in [2.24, 2.45) is 7.05 Å². The molecule has 4 aromatic heterocycles. The lowest BCUT2D eigenvalue weighted by atomic mass is 10.1. The highest BCUT2D eigenvalue weighted by Crippen LogP contribution is 2.53. The van der Waals surface area contributed by atoms with Gasteiger partial charge in [-0.2, -0.15) is 5.10 Å². The monoisotopic (exact) mass is 722 g/mol. The molecule has 0 fully saturated rings. The molecule has 0 saturated heterocycles. The molecule has 7 heteroatoms. The maximum atomic E-state index is 6.80. The predicted octanol–water partition coefficient (Wildman–Crippen LogP) is 14.7. The lowest BCUT2D eigenvalue weighted by Crippen LogP contribution is -2.00. The number of nitrogens with zero attached hydrogens (tertiary/aromatic N) is 2. The minimum atomic E-state index is 0.768. The summed E-state index contributed by atoms with van der Waals surface area (Å²) in [4.78, 5) is 5.35. The molecule has 0 aliphatic rings. The van der Waals surface area contributed by atoms with Crippen LogP contribution in [-0.2, 0) is 13.5 Å². The van der Waals surface area contributed by atoms with Gasteiger partial charge < -0.3 is 9.47 Å². The number of unbranched alkanes of at least 4 members (excludes halogenated alkanes) is 15. The van der Waals surface area contributed by atoms with Crippen LogP contribution in [0, 0.1) is 13.8 Å². The number of thiophene rings is 3. The van der Waals surface area contributed by atoms with E-state index in [9.17, 15) is 0 Å². The van der Waals surface area contributed by atoms with Crippen LogP contribution in [0.15, 0.2) is 12.1 Å². The molecular formula is C42H62N2O2S3. The van der Waals surface area contributed by atoms with Crippen LogP contribution in [0.1, 0.15) is 152 Å². The number of ether oxygens (including phenoxy) is 2. The Labute approximate surface area is 308 Å².